The van der Waals surface area contributed by atoms with Crippen molar-refractivity contribution in [1.82, 2.24) is 29.1 Å². The molecule has 1 fully saturated rings. The molecule has 4 N–H and O–H groups in total. The van der Waals surface area contributed by atoms with E-state index in [1.54, 1.807) is 15.3 Å². The van der Waals surface area contributed by atoms with Gasteiger partial charge in [-0.15, -0.1) is 0 Å². The summed E-state index contributed by atoms with van der Waals surface area (Å²) in [5, 5.41) is 4.59. The Hall–Kier alpha value is -2.91. The fourth-order valence-electron chi connectivity index (χ4n) is 4.02. The third kappa shape index (κ3) is 2.50. The van der Waals surface area contributed by atoms with Crippen LogP contribution in [0.15, 0.2) is 30.6 Å². The van der Waals surface area contributed by atoms with Crippen LogP contribution in [0.2, 0.25) is 0 Å². The van der Waals surface area contributed by atoms with Gasteiger partial charge in [-0.3, -0.25) is 0 Å². The average Bonchev–Trinajstić information content (AvgIpc) is 3.21. The predicted molar refractivity (Wildman–Crippen MR) is 103 cm³/mol. The Balaban J connectivity index is 1.58. The summed E-state index contributed by atoms with van der Waals surface area (Å²) in [6.07, 6.45) is 5.01. The molecule has 0 bridgehead atoms. The molecule has 4 aromatic rings. The van der Waals surface area contributed by atoms with Crippen LogP contribution < -0.4 is 11.5 Å². The number of alkyl halides is 1. The topological polar surface area (TPSA) is 113 Å². The molecule has 0 saturated heterocycles. The van der Waals surface area contributed by atoms with Crippen LogP contribution in [0.4, 0.5) is 4.39 Å². The summed E-state index contributed by atoms with van der Waals surface area (Å²) in [4.78, 5) is 13.7. The van der Waals surface area contributed by atoms with Crippen molar-refractivity contribution >= 4 is 16.7 Å². The highest BCUT2D eigenvalue weighted by Crippen LogP contribution is 2.36. The number of nitrogens with two attached hydrogens (primary N) is 2. The summed E-state index contributed by atoms with van der Waals surface area (Å²) in [6, 6.07) is 5.87. The van der Waals surface area contributed by atoms with Gasteiger partial charge in [-0.1, -0.05) is 0 Å². The Morgan fingerprint density at radius 2 is 2.07 bits per heavy atom. The molecule has 0 amide bonds. The molecule has 4 heterocycles. The van der Waals surface area contributed by atoms with Crippen LogP contribution in [0.5, 0.6) is 0 Å². The lowest BCUT2D eigenvalue weighted by atomic mass is 9.73. The lowest BCUT2D eigenvalue weighted by molar-refractivity contribution is 0.196. The SMILES string of the molecule is Cc1nc2ccc(-c3ccn4nc(C5(N)CC(N)C5)ncc34)nc2n1CCF. The fourth-order valence-corrected chi connectivity index (χ4v) is 4.02. The molecule has 1 saturated carbocycles. The van der Waals surface area contributed by atoms with Crippen molar-refractivity contribution in [2.75, 3.05) is 6.67 Å². The van der Waals surface area contributed by atoms with Gasteiger partial charge in [0.05, 0.1) is 29.5 Å². The summed E-state index contributed by atoms with van der Waals surface area (Å²) < 4.78 is 16.5. The van der Waals surface area contributed by atoms with E-state index in [9.17, 15) is 4.39 Å². The van der Waals surface area contributed by atoms with Crippen molar-refractivity contribution in [2.24, 2.45) is 11.5 Å². The standard InChI is InChI=1S/C19H21FN8/c1-11-24-15-3-2-14(25-17(15)27(11)7-5-20)13-4-6-28-16(13)10-23-18(26-28)19(22)8-12(21)9-19/h2-4,6,10,12H,5,7-9,21-22H2,1H3. The van der Waals surface area contributed by atoms with Gasteiger partial charge in [0.1, 0.15) is 18.0 Å². The van der Waals surface area contributed by atoms with E-state index in [1.807, 2.05) is 31.3 Å². The molecule has 5 rings (SSSR count). The Morgan fingerprint density at radius 1 is 1.25 bits per heavy atom. The van der Waals surface area contributed by atoms with E-state index in [1.165, 1.54) is 0 Å². The third-order valence-corrected chi connectivity index (χ3v) is 5.48. The number of imidazole rings is 1. The minimum atomic E-state index is -0.550. The van der Waals surface area contributed by atoms with Crippen LogP contribution in [-0.2, 0) is 12.1 Å². The smallest absolute Gasteiger partial charge is 0.169 e. The van der Waals surface area contributed by atoms with Crippen LogP contribution in [0.1, 0.15) is 24.5 Å². The van der Waals surface area contributed by atoms with Gasteiger partial charge in [0.15, 0.2) is 11.5 Å². The molecule has 0 aromatic carbocycles. The molecule has 0 atom stereocenters. The van der Waals surface area contributed by atoms with E-state index >= 15 is 0 Å². The number of pyridine rings is 1. The van der Waals surface area contributed by atoms with Gasteiger partial charge in [-0.2, -0.15) is 5.10 Å². The van der Waals surface area contributed by atoms with Crippen LogP contribution in [0.3, 0.4) is 0 Å². The molecule has 144 valence electrons. The molecule has 8 nitrogen and oxygen atoms in total. The molecular formula is C19H21FN8. The number of hydrogen-bond acceptors (Lipinski definition) is 6. The zero-order chi connectivity index (χ0) is 19.5. The first-order chi connectivity index (χ1) is 13.5. The summed E-state index contributed by atoms with van der Waals surface area (Å²) in [5.41, 5.74) is 15.6. The number of halogens is 1. The molecule has 1 aliphatic rings. The largest absolute Gasteiger partial charge is 0.328 e. The van der Waals surface area contributed by atoms with Gasteiger partial charge >= 0.3 is 0 Å². The van der Waals surface area contributed by atoms with Crippen LogP contribution in [0, 0.1) is 6.92 Å². The fraction of sp³-hybridized carbons (Fsp3) is 0.368. The molecule has 1 aliphatic carbocycles. The lowest BCUT2D eigenvalue weighted by Crippen LogP contribution is -2.56. The van der Waals surface area contributed by atoms with Gasteiger partial charge in [0, 0.05) is 17.8 Å². The monoisotopic (exact) mass is 380 g/mol. The molecule has 0 unspecified atom stereocenters. The maximum Gasteiger partial charge on any atom is 0.169 e. The second kappa shape index (κ2) is 6.05. The van der Waals surface area contributed by atoms with Gasteiger partial charge in [-0.05, 0) is 38.0 Å². The normalized spacial score (nSPS) is 22.1. The zero-order valence-electron chi connectivity index (χ0n) is 15.5. The number of aromatic nitrogens is 6. The molecule has 0 aliphatic heterocycles. The van der Waals surface area contributed by atoms with Crippen LogP contribution >= 0.6 is 0 Å². The number of hydrogen-bond donors (Lipinski definition) is 2. The first-order valence-electron chi connectivity index (χ1n) is 9.28. The third-order valence-electron chi connectivity index (χ3n) is 5.48. The Bertz CT molecular complexity index is 1190. The van der Waals surface area contributed by atoms with Crippen molar-refractivity contribution in [2.45, 2.75) is 37.9 Å². The Kier molecular flexibility index (Phi) is 3.72. The summed E-state index contributed by atoms with van der Waals surface area (Å²) in [5.74, 6) is 1.35. The average molecular weight is 380 g/mol. The van der Waals surface area contributed by atoms with E-state index in [2.05, 4.69) is 15.1 Å². The second-order valence-corrected chi connectivity index (χ2v) is 7.50. The Labute approximate surface area is 160 Å². The molecule has 0 spiro atoms. The number of fused-ring (bicyclic) bond motifs is 2. The van der Waals surface area contributed by atoms with Crippen molar-refractivity contribution in [1.29, 1.82) is 0 Å². The molecule has 9 heteroatoms. The first kappa shape index (κ1) is 17.2. The lowest BCUT2D eigenvalue weighted by Gasteiger charge is -2.41. The summed E-state index contributed by atoms with van der Waals surface area (Å²) in [6.45, 7) is 1.63. The molecule has 0 radical (unpaired) electrons. The summed E-state index contributed by atoms with van der Waals surface area (Å²) >= 11 is 0. The van der Waals surface area contributed by atoms with E-state index in [4.69, 9.17) is 16.5 Å². The number of rotatable bonds is 4. The predicted octanol–water partition coefficient (Wildman–Crippen LogP) is 1.69. The molecular weight excluding hydrogens is 359 g/mol. The van der Waals surface area contributed by atoms with E-state index in [0.29, 0.717) is 24.3 Å². The van der Waals surface area contributed by atoms with Crippen LogP contribution in [0.25, 0.3) is 27.9 Å². The van der Waals surface area contributed by atoms with Gasteiger partial charge in [-0.25, -0.2) is 23.9 Å². The van der Waals surface area contributed by atoms with Crippen molar-refractivity contribution in [3.8, 4) is 11.3 Å². The highest BCUT2D eigenvalue weighted by atomic mass is 19.1. The minimum absolute atomic E-state index is 0.109. The maximum atomic E-state index is 12.9. The van der Waals surface area contributed by atoms with Crippen molar-refractivity contribution < 1.29 is 4.39 Å². The summed E-state index contributed by atoms with van der Waals surface area (Å²) in [7, 11) is 0. The Morgan fingerprint density at radius 3 is 2.82 bits per heavy atom. The zero-order valence-corrected chi connectivity index (χ0v) is 15.5. The number of nitrogens with zero attached hydrogens (tertiary/aromatic N) is 6. The minimum Gasteiger partial charge on any atom is -0.328 e. The van der Waals surface area contributed by atoms with Gasteiger partial charge < -0.3 is 16.0 Å². The van der Waals surface area contributed by atoms with Crippen LogP contribution in [-0.4, -0.2) is 41.8 Å². The van der Waals surface area contributed by atoms with Gasteiger partial charge in [0.25, 0.3) is 0 Å². The van der Waals surface area contributed by atoms with E-state index in [-0.39, 0.29) is 12.6 Å². The highest BCUT2D eigenvalue weighted by molar-refractivity contribution is 5.82. The highest BCUT2D eigenvalue weighted by Gasteiger charge is 2.43. The quantitative estimate of drug-likeness (QED) is 0.557. The van der Waals surface area contributed by atoms with E-state index in [0.717, 1.165) is 28.1 Å². The van der Waals surface area contributed by atoms with Crippen molar-refractivity contribution in [3.05, 3.63) is 42.2 Å². The van der Waals surface area contributed by atoms with Crippen molar-refractivity contribution in [3.63, 3.8) is 0 Å². The number of aryl methyl sites for hydroxylation is 2. The molecule has 28 heavy (non-hydrogen) atoms. The van der Waals surface area contributed by atoms with E-state index < -0.39 is 12.2 Å². The molecule has 4 aromatic heterocycles. The maximum absolute atomic E-state index is 12.9. The second-order valence-electron chi connectivity index (χ2n) is 7.50. The first-order valence-corrected chi connectivity index (χ1v) is 9.28. The van der Waals surface area contributed by atoms with Gasteiger partial charge in [0.2, 0.25) is 0 Å².